The quantitative estimate of drug-likeness (QED) is 0.112. The van der Waals surface area contributed by atoms with Crippen molar-refractivity contribution in [3.05, 3.63) is 54.6 Å². The molecule has 0 fully saturated rings. The monoisotopic (exact) mass is 483 g/mol. The molecule has 35 heavy (non-hydrogen) atoms. The van der Waals surface area contributed by atoms with Gasteiger partial charge in [0.05, 0.1) is 6.61 Å². The highest BCUT2D eigenvalue weighted by molar-refractivity contribution is 6.00. The van der Waals surface area contributed by atoms with Crippen molar-refractivity contribution in [2.45, 2.75) is 77.2 Å². The molecule has 0 aliphatic heterocycles. The largest absolute Gasteiger partial charge is 0.494 e. The van der Waals surface area contributed by atoms with Crippen LogP contribution in [0.15, 0.2) is 54.6 Å². The summed E-state index contributed by atoms with van der Waals surface area (Å²) in [7, 11) is 0. The number of esters is 2. The van der Waals surface area contributed by atoms with Gasteiger partial charge in [-0.2, -0.15) is 0 Å². The molecule has 7 nitrogen and oxygen atoms in total. The van der Waals surface area contributed by atoms with E-state index in [0.29, 0.717) is 12.4 Å². The van der Waals surface area contributed by atoms with Gasteiger partial charge in [-0.05, 0) is 42.8 Å². The maximum Gasteiger partial charge on any atom is 0.418 e. The first kappa shape index (κ1) is 27.9. The first-order chi connectivity index (χ1) is 17.1. The van der Waals surface area contributed by atoms with Gasteiger partial charge in [0.15, 0.2) is 0 Å². The van der Waals surface area contributed by atoms with Gasteiger partial charge in [-0.25, -0.2) is 14.4 Å². The second-order valence-corrected chi connectivity index (χ2v) is 8.24. The number of hydrogen-bond donors (Lipinski definition) is 0. The third-order valence-electron chi connectivity index (χ3n) is 5.36. The summed E-state index contributed by atoms with van der Waals surface area (Å²) < 4.78 is 20.4. The van der Waals surface area contributed by atoms with Crippen LogP contribution in [0.1, 0.15) is 71.1 Å². The molecule has 7 heteroatoms. The van der Waals surface area contributed by atoms with Crippen molar-refractivity contribution in [2.75, 3.05) is 6.61 Å². The molecule has 0 N–H and O–H groups in total. The SMILES string of the molecule is CCCCCCCCCCCCOc1ccc(OC(=O)C(O[C]=O)C(=O)Oc2ccccc2)cc1. The van der Waals surface area contributed by atoms with Gasteiger partial charge in [-0.3, -0.25) is 0 Å². The Balaban J connectivity index is 1.67. The van der Waals surface area contributed by atoms with Crippen LogP contribution in [0.25, 0.3) is 0 Å². The Kier molecular flexibility index (Phi) is 13.7. The zero-order valence-electron chi connectivity index (χ0n) is 20.4. The molecule has 2 aromatic carbocycles. The minimum atomic E-state index is -1.89. The summed E-state index contributed by atoms with van der Waals surface area (Å²) in [5, 5.41) is 0. The lowest BCUT2D eigenvalue weighted by Gasteiger charge is -2.13. The average Bonchev–Trinajstić information content (AvgIpc) is 2.87. The summed E-state index contributed by atoms with van der Waals surface area (Å²) in [6.45, 7) is 3.95. The van der Waals surface area contributed by atoms with E-state index in [1.807, 2.05) is 0 Å². The molecule has 1 unspecified atom stereocenters. The van der Waals surface area contributed by atoms with Crippen LogP contribution in [0.3, 0.4) is 0 Å². The summed E-state index contributed by atoms with van der Waals surface area (Å²) in [4.78, 5) is 35.2. The van der Waals surface area contributed by atoms with E-state index in [1.54, 1.807) is 30.3 Å². The van der Waals surface area contributed by atoms with Gasteiger partial charge < -0.3 is 18.9 Å². The van der Waals surface area contributed by atoms with E-state index in [9.17, 15) is 14.4 Å². The van der Waals surface area contributed by atoms with Gasteiger partial charge in [-0.15, -0.1) is 0 Å². The highest BCUT2D eigenvalue weighted by atomic mass is 16.6. The zero-order valence-corrected chi connectivity index (χ0v) is 20.4. The predicted molar refractivity (Wildman–Crippen MR) is 132 cm³/mol. The predicted octanol–water partition coefficient (Wildman–Crippen LogP) is 5.95. The number of para-hydroxylation sites is 1. The summed E-state index contributed by atoms with van der Waals surface area (Å²) in [5.74, 6) is -1.14. The van der Waals surface area contributed by atoms with E-state index in [4.69, 9.17) is 14.2 Å². The van der Waals surface area contributed by atoms with Crippen LogP contribution in [-0.4, -0.2) is 31.1 Å². The van der Waals surface area contributed by atoms with E-state index in [0.717, 1.165) is 19.3 Å². The van der Waals surface area contributed by atoms with Crippen molar-refractivity contribution in [1.29, 1.82) is 0 Å². The molecule has 0 spiro atoms. The van der Waals surface area contributed by atoms with Gasteiger partial charge in [-0.1, -0.05) is 82.9 Å². The van der Waals surface area contributed by atoms with Crippen LogP contribution in [-0.2, 0) is 19.1 Å². The van der Waals surface area contributed by atoms with Crippen molar-refractivity contribution in [2.24, 2.45) is 0 Å². The average molecular weight is 484 g/mol. The summed E-state index contributed by atoms with van der Waals surface area (Å²) in [6.07, 6.45) is 10.7. The smallest absolute Gasteiger partial charge is 0.418 e. The van der Waals surface area contributed by atoms with Crippen molar-refractivity contribution in [1.82, 2.24) is 0 Å². The Morgan fingerprint density at radius 1 is 0.686 bits per heavy atom. The molecule has 2 rings (SSSR count). The third kappa shape index (κ3) is 11.6. The van der Waals surface area contributed by atoms with Crippen LogP contribution < -0.4 is 14.2 Å². The van der Waals surface area contributed by atoms with E-state index < -0.39 is 18.0 Å². The van der Waals surface area contributed by atoms with E-state index in [2.05, 4.69) is 11.7 Å². The number of hydrogen-bond acceptors (Lipinski definition) is 7. The van der Waals surface area contributed by atoms with Crippen molar-refractivity contribution < 1.29 is 33.3 Å². The van der Waals surface area contributed by atoms with E-state index >= 15 is 0 Å². The highest BCUT2D eigenvalue weighted by Crippen LogP contribution is 2.19. The maximum absolute atomic E-state index is 12.3. The molecule has 1 radical (unpaired) electrons. The number of unbranched alkanes of at least 4 members (excludes halogenated alkanes) is 9. The molecule has 2 aromatic rings. The van der Waals surface area contributed by atoms with E-state index in [1.165, 1.54) is 75.6 Å². The summed E-state index contributed by atoms with van der Waals surface area (Å²) >= 11 is 0. The third-order valence-corrected chi connectivity index (χ3v) is 5.36. The molecule has 1 atom stereocenters. The second kappa shape index (κ2) is 17.1. The first-order valence-corrected chi connectivity index (χ1v) is 12.4. The number of carbonyl (C=O) groups excluding carboxylic acids is 3. The van der Waals surface area contributed by atoms with Gasteiger partial charge >= 0.3 is 18.4 Å². The Morgan fingerprint density at radius 3 is 1.71 bits per heavy atom. The summed E-state index contributed by atoms with van der Waals surface area (Å²) in [5.41, 5.74) is 0. The van der Waals surface area contributed by atoms with Crippen LogP contribution in [0.4, 0.5) is 0 Å². The van der Waals surface area contributed by atoms with Crippen molar-refractivity contribution in [3.8, 4) is 17.2 Å². The zero-order chi connectivity index (χ0) is 25.1. The highest BCUT2D eigenvalue weighted by Gasteiger charge is 2.33. The number of rotatable bonds is 18. The molecule has 0 aliphatic rings. The molecule has 0 saturated heterocycles. The fourth-order valence-corrected chi connectivity index (χ4v) is 3.45. The van der Waals surface area contributed by atoms with Crippen LogP contribution in [0, 0.1) is 0 Å². The normalized spacial score (nSPS) is 11.3. The first-order valence-electron chi connectivity index (χ1n) is 12.4. The Labute approximate surface area is 207 Å². The Bertz CT molecular complexity index is 865. The minimum Gasteiger partial charge on any atom is -0.494 e. The summed E-state index contributed by atoms with van der Waals surface area (Å²) in [6, 6.07) is 14.5. The maximum atomic E-state index is 12.3. The fourth-order valence-electron chi connectivity index (χ4n) is 3.45. The molecular weight excluding hydrogens is 448 g/mol. The fraction of sp³-hybridized carbons (Fsp3) is 0.464. The number of benzene rings is 2. The standard InChI is InChI=1S/C28H35O7/c1-2-3-4-5-6-7-8-9-10-14-21-32-23-17-19-25(20-18-23)35-28(31)26(33-22-29)27(30)34-24-15-12-11-13-16-24/h11-13,15-20,26H,2-10,14,21H2,1H3. The van der Waals surface area contributed by atoms with Gasteiger partial charge in [0.1, 0.15) is 17.2 Å². The van der Waals surface area contributed by atoms with Crippen LogP contribution in [0.2, 0.25) is 0 Å². The van der Waals surface area contributed by atoms with Crippen molar-refractivity contribution in [3.63, 3.8) is 0 Å². The lowest BCUT2D eigenvalue weighted by molar-refractivity contribution is -0.156. The molecule has 0 aliphatic carbocycles. The molecule has 0 amide bonds. The number of carbonyl (C=O) groups is 2. The second-order valence-electron chi connectivity index (χ2n) is 8.24. The van der Waals surface area contributed by atoms with Gasteiger partial charge in [0.2, 0.25) is 0 Å². The van der Waals surface area contributed by atoms with Gasteiger partial charge in [0.25, 0.3) is 6.10 Å². The lowest BCUT2D eigenvalue weighted by atomic mass is 10.1. The van der Waals surface area contributed by atoms with Crippen molar-refractivity contribution >= 4 is 18.4 Å². The Morgan fingerprint density at radius 2 is 1.17 bits per heavy atom. The molecule has 0 heterocycles. The van der Waals surface area contributed by atoms with E-state index in [-0.39, 0.29) is 11.5 Å². The van der Waals surface area contributed by atoms with Crippen LogP contribution in [0.5, 0.6) is 17.2 Å². The molecule has 0 saturated carbocycles. The topological polar surface area (TPSA) is 88.1 Å². The molecule has 189 valence electrons. The number of ether oxygens (including phenoxy) is 4. The van der Waals surface area contributed by atoms with Crippen LogP contribution >= 0.6 is 0 Å². The van der Waals surface area contributed by atoms with Gasteiger partial charge in [0, 0.05) is 0 Å². The minimum absolute atomic E-state index is 0.174. The Hall–Kier alpha value is -3.35. The molecular formula is C28H35O7. The molecule has 0 bridgehead atoms. The molecule has 0 aromatic heterocycles. The lowest BCUT2D eigenvalue weighted by Crippen LogP contribution is -2.38.